The molecule has 2 rings (SSSR count). The van der Waals surface area contributed by atoms with Gasteiger partial charge < -0.3 is 10.6 Å². The Morgan fingerprint density at radius 1 is 1.29 bits per heavy atom. The molecule has 0 atom stereocenters. The molecule has 130 valence electrons. The normalized spacial score (nSPS) is 12.3. The molecule has 24 heavy (non-hydrogen) atoms. The van der Waals surface area contributed by atoms with Gasteiger partial charge in [0, 0.05) is 30.6 Å². The van der Waals surface area contributed by atoms with Crippen LogP contribution in [0.3, 0.4) is 0 Å². The molecule has 0 bridgehead atoms. The predicted octanol–water partition coefficient (Wildman–Crippen LogP) is 2.50. The van der Waals surface area contributed by atoms with Gasteiger partial charge in [0.1, 0.15) is 18.7 Å². The second kappa shape index (κ2) is 8.15. The minimum absolute atomic E-state index is 0.126. The van der Waals surface area contributed by atoms with Crippen molar-refractivity contribution >= 4 is 17.6 Å². The Labute approximate surface area is 148 Å². The summed E-state index contributed by atoms with van der Waals surface area (Å²) in [5.74, 6) is 1.57. The molecule has 0 saturated carbocycles. The van der Waals surface area contributed by atoms with E-state index in [0.717, 1.165) is 28.9 Å². The molecule has 2 aromatic rings. The van der Waals surface area contributed by atoms with Crippen LogP contribution in [0.25, 0.3) is 0 Å². The molecule has 1 heterocycles. The largest absolute Gasteiger partial charge is 0.357 e. The fourth-order valence-corrected chi connectivity index (χ4v) is 2.76. The van der Waals surface area contributed by atoms with Crippen LogP contribution in [0.4, 0.5) is 0 Å². The molecular formula is C17H25ClN6. The third-order valence-corrected chi connectivity index (χ3v) is 4.16. The summed E-state index contributed by atoms with van der Waals surface area (Å²) >= 11 is 6.34. The van der Waals surface area contributed by atoms with Crippen molar-refractivity contribution in [2.75, 3.05) is 13.1 Å². The van der Waals surface area contributed by atoms with Crippen LogP contribution in [0.5, 0.6) is 0 Å². The van der Waals surface area contributed by atoms with Crippen molar-refractivity contribution in [1.29, 1.82) is 0 Å². The topological polar surface area (TPSA) is 67.1 Å². The Kier molecular flexibility index (Phi) is 6.20. The van der Waals surface area contributed by atoms with Gasteiger partial charge in [-0.25, -0.2) is 9.98 Å². The van der Waals surface area contributed by atoms with Gasteiger partial charge in [0.25, 0.3) is 0 Å². The summed E-state index contributed by atoms with van der Waals surface area (Å²) in [5, 5.41) is 11.5. The van der Waals surface area contributed by atoms with Gasteiger partial charge in [-0.05, 0) is 18.6 Å². The highest BCUT2D eigenvalue weighted by atomic mass is 35.5. The monoisotopic (exact) mass is 348 g/mol. The lowest BCUT2D eigenvalue weighted by Gasteiger charge is -2.27. The molecule has 0 unspecified atom stereocenters. The average molecular weight is 349 g/mol. The van der Waals surface area contributed by atoms with Crippen LogP contribution in [0.15, 0.2) is 35.6 Å². The predicted molar refractivity (Wildman–Crippen MR) is 98.3 cm³/mol. The summed E-state index contributed by atoms with van der Waals surface area (Å²) in [4.78, 5) is 8.76. The van der Waals surface area contributed by atoms with Crippen molar-refractivity contribution in [2.45, 2.75) is 32.7 Å². The number of halogens is 1. The zero-order chi connectivity index (χ0) is 17.6. The highest BCUT2D eigenvalue weighted by Crippen LogP contribution is 2.28. The van der Waals surface area contributed by atoms with E-state index in [1.165, 1.54) is 6.33 Å². The maximum atomic E-state index is 6.34. The highest BCUT2D eigenvalue weighted by molar-refractivity contribution is 6.31. The van der Waals surface area contributed by atoms with Gasteiger partial charge in [-0.15, -0.1) is 0 Å². The molecule has 0 radical (unpaired) electrons. The molecule has 0 aliphatic heterocycles. The zero-order valence-electron chi connectivity index (χ0n) is 14.7. The van der Waals surface area contributed by atoms with Crippen molar-refractivity contribution in [3.63, 3.8) is 0 Å². The molecule has 1 aromatic heterocycles. The summed E-state index contributed by atoms with van der Waals surface area (Å²) in [6.07, 6.45) is 1.53. The third-order valence-electron chi connectivity index (χ3n) is 3.83. The van der Waals surface area contributed by atoms with Crippen molar-refractivity contribution in [3.8, 4) is 0 Å². The maximum absolute atomic E-state index is 6.34. The van der Waals surface area contributed by atoms with Crippen molar-refractivity contribution in [2.24, 2.45) is 12.0 Å². The van der Waals surface area contributed by atoms with Crippen LogP contribution in [-0.2, 0) is 19.0 Å². The number of aromatic nitrogens is 3. The van der Waals surface area contributed by atoms with E-state index in [-0.39, 0.29) is 5.41 Å². The Morgan fingerprint density at radius 3 is 2.67 bits per heavy atom. The van der Waals surface area contributed by atoms with Crippen molar-refractivity contribution in [1.82, 2.24) is 25.4 Å². The average Bonchev–Trinajstić information content (AvgIpc) is 2.95. The molecule has 0 aliphatic rings. The minimum Gasteiger partial charge on any atom is -0.357 e. The van der Waals surface area contributed by atoms with Gasteiger partial charge in [0.15, 0.2) is 5.96 Å². The minimum atomic E-state index is -0.126. The number of guanidine groups is 1. The molecule has 0 amide bonds. The van der Waals surface area contributed by atoms with E-state index in [1.807, 2.05) is 32.2 Å². The van der Waals surface area contributed by atoms with E-state index < -0.39 is 0 Å². The summed E-state index contributed by atoms with van der Waals surface area (Å²) in [7, 11) is 1.86. The third kappa shape index (κ3) is 4.71. The first-order valence-corrected chi connectivity index (χ1v) is 8.42. The molecule has 0 saturated heterocycles. The first-order valence-electron chi connectivity index (χ1n) is 8.04. The molecule has 0 spiro atoms. The van der Waals surface area contributed by atoms with Gasteiger partial charge in [-0.3, -0.25) is 4.68 Å². The smallest absolute Gasteiger partial charge is 0.191 e. The quantitative estimate of drug-likeness (QED) is 0.621. The SMILES string of the molecule is CCNC(=NCc1ncnn1C)NCC(C)(C)c1ccccc1Cl. The summed E-state index contributed by atoms with van der Waals surface area (Å²) in [5.41, 5.74) is 0.989. The lowest BCUT2D eigenvalue weighted by molar-refractivity contribution is 0.508. The lowest BCUT2D eigenvalue weighted by Crippen LogP contribution is -2.43. The summed E-state index contributed by atoms with van der Waals surface area (Å²) in [6, 6.07) is 7.94. The molecule has 2 N–H and O–H groups in total. The fourth-order valence-electron chi connectivity index (χ4n) is 2.36. The number of aryl methyl sites for hydroxylation is 1. The van der Waals surface area contributed by atoms with Gasteiger partial charge >= 0.3 is 0 Å². The number of nitrogens with one attached hydrogen (secondary N) is 2. The number of benzene rings is 1. The first-order chi connectivity index (χ1) is 11.4. The second-order valence-corrected chi connectivity index (χ2v) is 6.62. The van der Waals surface area contributed by atoms with Gasteiger partial charge in [0.05, 0.1) is 0 Å². The van der Waals surface area contributed by atoms with E-state index in [2.05, 4.69) is 45.6 Å². The second-order valence-electron chi connectivity index (χ2n) is 6.21. The van der Waals surface area contributed by atoms with Crippen LogP contribution in [0.1, 0.15) is 32.2 Å². The molecule has 7 heteroatoms. The molecule has 0 aliphatic carbocycles. The van der Waals surface area contributed by atoms with E-state index >= 15 is 0 Å². The van der Waals surface area contributed by atoms with Gasteiger partial charge in [-0.1, -0.05) is 43.6 Å². The van der Waals surface area contributed by atoms with E-state index in [9.17, 15) is 0 Å². The molecular weight excluding hydrogens is 324 g/mol. The number of hydrogen-bond donors (Lipinski definition) is 2. The Bertz CT molecular complexity index is 692. The Morgan fingerprint density at radius 2 is 2.04 bits per heavy atom. The number of hydrogen-bond acceptors (Lipinski definition) is 3. The molecule has 0 fully saturated rings. The lowest BCUT2D eigenvalue weighted by atomic mass is 9.84. The Hall–Kier alpha value is -2.08. The molecule has 6 nitrogen and oxygen atoms in total. The van der Waals surface area contributed by atoms with Crippen LogP contribution in [-0.4, -0.2) is 33.8 Å². The van der Waals surface area contributed by atoms with Crippen LogP contribution in [0, 0.1) is 0 Å². The van der Waals surface area contributed by atoms with E-state index in [0.29, 0.717) is 13.1 Å². The zero-order valence-corrected chi connectivity index (χ0v) is 15.4. The van der Waals surface area contributed by atoms with Crippen molar-refractivity contribution in [3.05, 3.63) is 47.0 Å². The maximum Gasteiger partial charge on any atom is 0.191 e. The first kappa shape index (κ1) is 18.3. The van der Waals surface area contributed by atoms with E-state index in [4.69, 9.17) is 11.6 Å². The van der Waals surface area contributed by atoms with Gasteiger partial charge in [-0.2, -0.15) is 5.10 Å². The summed E-state index contributed by atoms with van der Waals surface area (Å²) in [6.45, 7) is 8.33. The Balaban J connectivity index is 2.05. The van der Waals surface area contributed by atoms with Crippen LogP contribution < -0.4 is 10.6 Å². The standard InChI is InChI=1S/C17H25ClN6/c1-5-19-16(20-10-15-22-12-23-24(15)4)21-11-17(2,3)13-8-6-7-9-14(13)18/h6-9,12H,5,10-11H2,1-4H3,(H2,19,20,21). The van der Waals surface area contributed by atoms with Gasteiger partial charge in [0.2, 0.25) is 0 Å². The fraction of sp³-hybridized carbons (Fsp3) is 0.471. The van der Waals surface area contributed by atoms with Crippen LogP contribution >= 0.6 is 11.6 Å². The number of aliphatic imine (C=N–C) groups is 1. The number of rotatable bonds is 6. The molecule has 1 aromatic carbocycles. The summed E-state index contributed by atoms with van der Waals surface area (Å²) < 4.78 is 1.72. The number of nitrogens with zero attached hydrogens (tertiary/aromatic N) is 4. The van der Waals surface area contributed by atoms with Crippen molar-refractivity contribution < 1.29 is 0 Å². The highest BCUT2D eigenvalue weighted by Gasteiger charge is 2.23. The van der Waals surface area contributed by atoms with Crippen LogP contribution in [0.2, 0.25) is 5.02 Å². The van der Waals surface area contributed by atoms with E-state index in [1.54, 1.807) is 4.68 Å².